The first-order chi connectivity index (χ1) is 7.65. The maximum atomic E-state index is 6.15. The van der Waals surface area contributed by atoms with Gasteiger partial charge in [0, 0.05) is 42.3 Å². The Morgan fingerprint density at radius 1 is 1.44 bits per heavy atom. The van der Waals surface area contributed by atoms with E-state index in [4.69, 9.17) is 23.2 Å². The van der Waals surface area contributed by atoms with Crippen LogP contribution in [0.2, 0.25) is 10.0 Å². The summed E-state index contributed by atoms with van der Waals surface area (Å²) in [4.78, 5) is 2.40. The van der Waals surface area contributed by atoms with Crippen molar-refractivity contribution in [2.75, 3.05) is 19.6 Å². The van der Waals surface area contributed by atoms with E-state index in [-0.39, 0.29) is 0 Å². The second kappa shape index (κ2) is 5.37. The van der Waals surface area contributed by atoms with Gasteiger partial charge in [-0.2, -0.15) is 0 Å². The first kappa shape index (κ1) is 12.2. The Balaban J connectivity index is 2.05. The summed E-state index contributed by atoms with van der Waals surface area (Å²) in [5.74, 6) is 0. The molecule has 0 unspecified atom stereocenters. The van der Waals surface area contributed by atoms with E-state index in [1.165, 1.54) is 0 Å². The number of benzene rings is 1. The summed E-state index contributed by atoms with van der Waals surface area (Å²) >= 11 is 12.1. The summed E-state index contributed by atoms with van der Waals surface area (Å²) in [6, 6.07) is 6.20. The van der Waals surface area contributed by atoms with Crippen molar-refractivity contribution in [3.8, 4) is 0 Å². The molecule has 1 aliphatic heterocycles. The standard InChI is InChI=1S/C12H16Cl2N2/c1-9-7-16(5-4-15-9)8-10-6-11(13)2-3-12(10)14/h2-3,6,9,15H,4-5,7-8H2,1H3/t9-/m0/s1. The second-order valence-corrected chi connectivity index (χ2v) is 5.17. The monoisotopic (exact) mass is 258 g/mol. The Bertz CT molecular complexity index is 368. The van der Waals surface area contributed by atoms with Crippen LogP contribution >= 0.6 is 23.2 Å². The molecule has 0 aliphatic carbocycles. The third kappa shape index (κ3) is 3.11. The Morgan fingerprint density at radius 3 is 3.00 bits per heavy atom. The highest BCUT2D eigenvalue weighted by Crippen LogP contribution is 2.22. The zero-order chi connectivity index (χ0) is 11.5. The molecule has 2 rings (SSSR count). The number of hydrogen-bond acceptors (Lipinski definition) is 2. The second-order valence-electron chi connectivity index (χ2n) is 4.33. The van der Waals surface area contributed by atoms with Crippen LogP contribution in [-0.4, -0.2) is 30.6 Å². The molecule has 88 valence electrons. The van der Waals surface area contributed by atoms with Crippen LogP contribution in [-0.2, 0) is 6.54 Å². The SMILES string of the molecule is C[C@H]1CN(Cc2cc(Cl)ccc2Cl)CCN1. The molecule has 4 heteroatoms. The number of halogens is 2. The lowest BCUT2D eigenvalue weighted by Gasteiger charge is -2.32. The summed E-state index contributed by atoms with van der Waals surface area (Å²) in [5.41, 5.74) is 1.11. The van der Waals surface area contributed by atoms with Gasteiger partial charge < -0.3 is 5.32 Å². The third-order valence-corrected chi connectivity index (χ3v) is 3.46. The van der Waals surface area contributed by atoms with Gasteiger partial charge in [0.05, 0.1) is 0 Å². The van der Waals surface area contributed by atoms with Crippen LogP contribution in [0.15, 0.2) is 18.2 Å². The summed E-state index contributed by atoms with van der Waals surface area (Å²) in [7, 11) is 0. The van der Waals surface area contributed by atoms with Crippen LogP contribution < -0.4 is 5.32 Å². The van der Waals surface area contributed by atoms with E-state index >= 15 is 0 Å². The average Bonchev–Trinajstić information content (AvgIpc) is 2.24. The van der Waals surface area contributed by atoms with Gasteiger partial charge in [-0.05, 0) is 30.7 Å². The molecule has 0 aromatic heterocycles. The zero-order valence-electron chi connectivity index (χ0n) is 9.34. The molecule has 1 aliphatic rings. The molecule has 16 heavy (non-hydrogen) atoms. The molecule has 0 amide bonds. The van der Waals surface area contributed by atoms with Gasteiger partial charge in [-0.1, -0.05) is 23.2 Å². The van der Waals surface area contributed by atoms with Gasteiger partial charge in [-0.15, -0.1) is 0 Å². The Hall–Kier alpha value is -0.280. The molecule has 1 aromatic carbocycles. The van der Waals surface area contributed by atoms with Crippen molar-refractivity contribution in [1.29, 1.82) is 0 Å². The summed E-state index contributed by atoms with van der Waals surface area (Å²) < 4.78 is 0. The molecule has 0 spiro atoms. The van der Waals surface area contributed by atoms with Crippen molar-refractivity contribution < 1.29 is 0 Å². The van der Waals surface area contributed by atoms with Crippen LogP contribution in [0.4, 0.5) is 0 Å². The minimum atomic E-state index is 0.548. The predicted octanol–water partition coefficient (Wildman–Crippen LogP) is 2.79. The highest BCUT2D eigenvalue weighted by Gasteiger charge is 2.16. The van der Waals surface area contributed by atoms with Gasteiger partial charge in [0.15, 0.2) is 0 Å². The Kier molecular flexibility index (Phi) is 4.09. The maximum absolute atomic E-state index is 6.15. The number of hydrogen-bond donors (Lipinski definition) is 1. The molecule has 0 saturated carbocycles. The lowest BCUT2D eigenvalue weighted by atomic mass is 10.1. The molecule has 1 heterocycles. The van der Waals surface area contributed by atoms with E-state index in [1.54, 1.807) is 0 Å². The normalized spacial score (nSPS) is 22.3. The minimum absolute atomic E-state index is 0.548. The summed E-state index contributed by atoms with van der Waals surface area (Å²) in [6.07, 6.45) is 0. The first-order valence-corrected chi connectivity index (χ1v) is 6.30. The van der Waals surface area contributed by atoms with E-state index in [0.717, 1.165) is 41.8 Å². The minimum Gasteiger partial charge on any atom is -0.312 e. The molecule has 1 fully saturated rings. The molecule has 0 radical (unpaired) electrons. The van der Waals surface area contributed by atoms with Crippen molar-refractivity contribution >= 4 is 23.2 Å². The van der Waals surface area contributed by atoms with Gasteiger partial charge >= 0.3 is 0 Å². The third-order valence-electron chi connectivity index (χ3n) is 2.85. The van der Waals surface area contributed by atoms with Crippen LogP contribution in [0.25, 0.3) is 0 Å². The lowest BCUT2D eigenvalue weighted by molar-refractivity contribution is 0.200. The van der Waals surface area contributed by atoms with Crippen molar-refractivity contribution in [2.45, 2.75) is 19.5 Å². The van der Waals surface area contributed by atoms with Crippen molar-refractivity contribution in [1.82, 2.24) is 10.2 Å². The van der Waals surface area contributed by atoms with Crippen molar-refractivity contribution in [3.63, 3.8) is 0 Å². The topological polar surface area (TPSA) is 15.3 Å². The molecule has 1 atom stereocenters. The molecule has 1 aromatic rings. The zero-order valence-corrected chi connectivity index (χ0v) is 10.9. The molecule has 2 nitrogen and oxygen atoms in total. The van der Waals surface area contributed by atoms with Gasteiger partial charge in [0.2, 0.25) is 0 Å². The van der Waals surface area contributed by atoms with E-state index in [0.29, 0.717) is 6.04 Å². The van der Waals surface area contributed by atoms with Crippen LogP contribution in [0, 0.1) is 0 Å². The number of nitrogens with zero attached hydrogens (tertiary/aromatic N) is 1. The molecular formula is C12H16Cl2N2. The highest BCUT2D eigenvalue weighted by molar-refractivity contribution is 6.33. The smallest absolute Gasteiger partial charge is 0.0452 e. The Labute approximate surface area is 107 Å². The quantitative estimate of drug-likeness (QED) is 0.878. The van der Waals surface area contributed by atoms with Crippen LogP contribution in [0.3, 0.4) is 0 Å². The van der Waals surface area contributed by atoms with E-state index < -0.39 is 0 Å². The lowest BCUT2D eigenvalue weighted by Crippen LogP contribution is -2.48. The van der Waals surface area contributed by atoms with Gasteiger partial charge in [-0.25, -0.2) is 0 Å². The largest absolute Gasteiger partial charge is 0.312 e. The predicted molar refractivity (Wildman–Crippen MR) is 69.2 cm³/mol. The van der Waals surface area contributed by atoms with Gasteiger partial charge in [0.1, 0.15) is 0 Å². The van der Waals surface area contributed by atoms with Crippen molar-refractivity contribution in [2.24, 2.45) is 0 Å². The average molecular weight is 259 g/mol. The fourth-order valence-electron chi connectivity index (χ4n) is 2.06. The molecular weight excluding hydrogens is 243 g/mol. The van der Waals surface area contributed by atoms with E-state index in [2.05, 4.69) is 17.1 Å². The van der Waals surface area contributed by atoms with Crippen molar-refractivity contribution in [3.05, 3.63) is 33.8 Å². The summed E-state index contributed by atoms with van der Waals surface area (Å²) in [6.45, 7) is 6.24. The molecule has 0 bridgehead atoms. The molecule has 1 saturated heterocycles. The van der Waals surface area contributed by atoms with E-state index in [1.807, 2.05) is 18.2 Å². The number of nitrogens with one attached hydrogen (secondary N) is 1. The molecule has 1 N–H and O–H groups in total. The van der Waals surface area contributed by atoms with Crippen LogP contribution in [0.5, 0.6) is 0 Å². The number of piperazine rings is 1. The summed E-state index contributed by atoms with van der Waals surface area (Å²) in [5, 5.41) is 4.98. The maximum Gasteiger partial charge on any atom is 0.0452 e. The first-order valence-electron chi connectivity index (χ1n) is 5.55. The number of rotatable bonds is 2. The highest BCUT2D eigenvalue weighted by atomic mass is 35.5. The fraction of sp³-hybridized carbons (Fsp3) is 0.500. The van der Waals surface area contributed by atoms with E-state index in [9.17, 15) is 0 Å². The fourth-order valence-corrected chi connectivity index (χ4v) is 2.43. The van der Waals surface area contributed by atoms with Gasteiger partial charge in [-0.3, -0.25) is 4.90 Å². The van der Waals surface area contributed by atoms with Crippen LogP contribution in [0.1, 0.15) is 12.5 Å². The Morgan fingerprint density at radius 2 is 2.25 bits per heavy atom. The van der Waals surface area contributed by atoms with Gasteiger partial charge in [0.25, 0.3) is 0 Å².